The minimum atomic E-state index is 0.0274. The standard InChI is InChI=1S/C16H17N7OS/c1-10-13(25-22-19-10)16(24)23-7-4-11(5-8-23)14-18-15(21-20-14)12-3-2-6-17-9-12/h2-3,6,9,11H,4-5,7-8H2,1H3,(H,18,20,21). The largest absolute Gasteiger partial charge is 0.338 e. The number of aromatic nitrogens is 6. The summed E-state index contributed by atoms with van der Waals surface area (Å²) in [7, 11) is 0. The van der Waals surface area contributed by atoms with Gasteiger partial charge in [0.15, 0.2) is 5.82 Å². The number of hydrogen-bond donors (Lipinski definition) is 1. The van der Waals surface area contributed by atoms with Crippen molar-refractivity contribution in [3.8, 4) is 11.4 Å². The van der Waals surface area contributed by atoms with Crippen LogP contribution in [-0.4, -0.2) is 53.6 Å². The molecular formula is C16H17N7OS. The number of amides is 1. The van der Waals surface area contributed by atoms with Crippen molar-refractivity contribution in [1.82, 2.24) is 34.7 Å². The summed E-state index contributed by atoms with van der Waals surface area (Å²) in [6.07, 6.45) is 5.20. The Morgan fingerprint density at radius 3 is 2.88 bits per heavy atom. The van der Waals surface area contributed by atoms with E-state index in [-0.39, 0.29) is 11.8 Å². The molecule has 0 saturated carbocycles. The quantitative estimate of drug-likeness (QED) is 0.772. The van der Waals surface area contributed by atoms with E-state index in [9.17, 15) is 4.79 Å². The van der Waals surface area contributed by atoms with Crippen LogP contribution in [0.5, 0.6) is 0 Å². The van der Waals surface area contributed by atoms with Gasteiger partial charge in [0.1, 0.15) is 10.7 Å². The van der Waals surface area contributed by atoms with Crippen LogP contribution in [0.3, 0.4) is 0 Å². The third-order valence-corrected chi connectivity index (χ3v) is 5.25. The molecular weight excluding hydrogens is 338 g/mol. The Morgan fingerprint density at radius 2 is 2.20 bits per heavy atom. The first-order valence-corrected chi connectivity index (χ1v) is 8.90. The maximum atomic E-state index is 12.5. The summed E-state index contributed by atoms with van der Waals surface area (Å²) in [6.45, 7) is 3.21. The first-order chi connectivity index (χ1) is 12.2. The molecule has 0 bridgehead atoms. The summed E-state index contributed by atoms with van der Waals surface area (Å²) in [5.74, 6) is 1.84. The molecule has 0 radical (unpaired) electrons. The molecule has 9 heteroatoms. The Labute approximate surface area is 148 Å². The summed E-state index contributed by atoms with van der Waals surface area (Å²) in [5, 5.41) is 11.3. The minimum Gasteiger partial charge on any atom is -0.338 e. The van der Waals surface area contributed by atoms with Crippen molar-refractivity contribution in [2.45, 2.75) is 25.7 Å². The van der Waals surface area contributed by atoms with Crippen LogP contribution in [0.2, 0.25) is 0 Å². The summed E-state index contributed by atoms with van der Waals surface area (Å²) >= 11 is 1.16. The van der Waals surface area contributed by atoms with E-state index < -0.39 is 0 Å². The van der Waals surface area contributed by atoms with Crippen molar-refractivity contribution in [2.75, 3.05) is 13.1 Å². The molecule has 3 aromatic heterocycles. The monoisotopic (exact) mass is 355 g/mol. The molecule has 4 heterocycles. The minimum absolute atomic E-state index is 0.0274. The van der Waals surface area contributed by atoms with E-state index in [0.29, 0.717) is 29.5 Å². The van der Waals surface area contributed by atoms with Gasteiger partial charge in [0.05, 0.1) is 5.69 Å². The molecule has 1 N–H and O–H groups in total. The number of aromatic amines is 1. The lowest BCUT2D eigenvalue weighted by Crippen LogP contribution is -2.38. The van der Waals surface area contributed by atoms with Crippen LogP contribution in [0.15, 0.2) is 24.5 Å². The number of hydrogen-bond acceptors (Lipinski definition) is 7. The molecule has 0 spiro atoms. The smallest absolute Gasteiger partial charge is 0.267 e. The van der Waals surface area contributed by atoms with Gasteiger partial charge in [-0.15, -0.1) is 5.10 Å². The third-order valence-electron chi connectivity index (χ3n) is 4.44. The number of aryl methyl sites for hydroxylation is 1. The molecule has 4 rings (SSSR count). The van der Waals surface area contributed by atoms with Gasteiger partial charge in [-0.2, -0.15) is 5.10 Å². The van der Waals surface area contributed by atoms with Crippen molar-refractivity contribution in [2.24, 2.45) is 0 Å². The van der Waals surface area contributed by atoms with Crippen molar-refractivity contribution < 1.29 is 4.79 Å². The van der Waals surface area contributed by atoms with Gasteiger partial charge in [-0.25, -0.2) is 4.98 Å². The second-order valence-electron chi connectivity index (χ2n) is 6.04. The maximum absolute atomic E-state index is 12.5. The van der Waals surface area contributed by atoms with Crippen LogP contribution in [0.4, 0.5) is 0 Å². The van der Waals surface area contributed by atoms with Gasteiger partial charge in [-0.3, -0.25) is 14.9 Å². The predicted octanol–water partition coefficient (Wildman–Crippen LogP) is 2.05. The number of nitrogens with zero attached hydrogens (tertiary/aromatic N) is 6. The van der Waals surface area contributed by atoms with Gasteiger partial charge < -0.3 is 4.90 Å². The van der Waals surface area contributed by atoms with Crippen LogP contribution in [0.25, 0.3) is 11.4 Å². The summed E-state index contributed by atoms with van der Waals surface area (Å²) in [4.78, 5) is 23.7. The highest BCUT2D eigenvalue weighted by Crippen LogP contribution is 2.28. The van der Waals surface area contributed by atoms with Crippen LogP contribution < -0.4 is 0 Å². The van der Waals surface area contributed by atoms with Crippen LogP contribution >= 0.6 is 11.5 Å². The molecule has 0 aliphatic carbocycles. The van der Waals surface area contributed by atoms with Crippen LogP contribution in [0, 0.1) is 6.92 Å². The Morgan fingerprint density at radius 1 is 1.36 bits per heavy atom. The number of H-pyrrole nitrogens is 1. The van der Waals surface area contributed by atoms with E-state index in [1.807, 2.05) is 24.0 Å². The molecule has 0 atom stereocenters. The molecule has 1 fully saturated rings. The van der Waals surface area contributed by atoms with Crippen LogP contribution in [0.1, 0.15) is 39.9 Å². The van der Waals surface area contributed by atoms with Crippen molar-refractivity contribution in [3.05, 3.63) is 40.9 Å². The van der Waals surface area contributed by atoms with Gasteiger partial charge in [-0.05, 0) is 43.4 Å². The topological polar surface area (TPSA) is 101 Å². The SMILES string of the molecule is Cc1nnsc1C(=O)N1CCC(c2nc(-c3cccnc3)n[nH]2)CC1. The zero-order valence-corrected chi connectivity index (χ0v) is 14.5. The number of nitrogens with one attached hydrogen (secondary N) is 1. The number of pyridine rings is 1. The Kier molecular flexibility index (Phi) is 4.22. The Balaban J connectivity index is 1.42. The molecule has 1 amide bonds. The fourth-order valence-corrected chi connectivity index (χ4v) is 3.63. The van der Waals surface area contributed by atoms with E-state index in [0.717, 1.165) is 35.8 Å². The second-order valence-corrected chi connectivity index (χ2v) is 6.79. The summed E-state index contributed by atoms with van der Waals surface area (Å²) < 4.78 is 3.85. The second kappa shape index (κ2) is 6.67. The van der Waals surface area contributed by atoms with Gasteiger partial charge in [0.25, 0.3) is 5.91 Å². The van der Waals surface area contributed by atoms with Gasteiger partial charge in [-0.1, -0.05) is 4.49 Å². The van der Waals surface area contributed by atoms with E-state index in [1.54, 1.807) is 12.4 Å². The molecule has 0 aromatic carbocycles. The lowest BCUT2D eigenvalue weighted by Gasteiger charge is -2.30. The first-order valence-electron chi connectivity index (χ1n) is 8.13. The molecule has 25 heavy (non-hydrogen) atoms. The average Bonchev–Trinajstić information content (AvgIpc) is 3.31. The normalized spacial score (nSPS) is 15.5. The van der Waals surface area contributed by atoms with E-state index in [4.69, 9.17) is 0 Å². The van der Waals surface area contributed by atoms with E-state index in [1.165, 1.54) is 0 Å². The fraction of sp³-hybridized carbons (Fsp3) is 0.375. The number of piperidine rings is 1. The van der Waals surface area contributed by atoms with Crippen LogP contribution in [-0.2, 0) is 0 Å². The zero-order valence-electron chi connectivity index (χ0n) is 13.7. The highest BCUT2D eigenvalue weighted by Gasteiger charge is 2.28. The first kappa shape index (κ1) is 15.8. The molecule has 1 aliphatic rings. The highest BCUT2D eigenvalue weighted by atomic mass is 32.1. The van der Waals surface area contributed by atoms with Crippen molar-refractivity contribution in [1.29, 1.82) is 0 Å². The lowest BCUT2D eigenvalue weighted by molar-refractivity contribution is 0.0715. The number of rotatable bonds is 3. The lowest BCUT2D eigenvalue weighted by atomic mass is 9.96. The number of likely N-dealkylation sites (tertiary alicyclic amines) is 1. The molecule has 1 aliphatic heterocycles. The average molecular weight is 355 g/mol. The van der Waals surface area contributed by atoms with Crippen molar-refractivity contribution in [3.63, 3.8) is 0 Å². The molecule has 3 aromatic rings. The van der Waals surface area contributed by atoms with Crippen molar-refractivity contribution >= 4 is 17.4 Å². The molecule has 128 valence electrons. The van der Waals surface area contributed by atoms with Gasteiger partial charge >= 0.3 is 0 Å². The predicted molar refractivity (Wildman–Crippen MR) is 92.1 cm³/mol. The van der Waals surface area contributed by atoms with E-state index in [2.05, 4.69) is 29.8 Å². The number of carbonyl (C=O) groups is 1. The Bertz CT molecular complexity index is 868. The maximum Gasteiger partial charge on any atom is 0.267 e. The highest BCUT2D eigenvalue weighted by molar-refractivity contribution is 7.07. The molecule has 8 nitrogen and oxygen atoms in total. The fourth-order valence-electron chi connectivity index (χ4n) is 3.01. The summed E-state index contributed by atoms with van der Waals surface area (Å²) in [5.41, 5.74) is 1.60. The zero-order chi connectivity index (χ0) is 17.2. The van der Waals surface area contributed by atoms with Gasteiger partial charge in [0.2, 0.25) is 0 Å². The molecule has 0 unspecified atom stereocenters. The van der Waals surface area contributed by atoms with E-state index >= 15 is 0 Å². The molecule has 1 saturated heterocycles. The van der Waals surface area contributed by atoms with Gasteiger partial charge in [0, 0.05) is 37.0 Å². The Hall–Kier alpha value is -2.68. The number of carbonyl (C=O) groups excluding carboxylic acids is 1. The summed E-state index contributed by atoms with van der Waals surface area (Å²) in [6, 6.07) is 3.80. The third kappa shape index (κ3) is 3.14.